The summed E-state index contributed by atoms with van der Waals surface area (Å²) in [6, 6.07) is 10.7. The number of aromatic nitrogens is 1. The molecular weight excluding hydrogens is 596 g/mol. The SMILES string of the molecule is CCCCN(C)S(=O)(=O)c1ccc(C(=O)N(CCN2CCOCC2)c2nc3ccc(S(C)(=O)=O)cc3s2)cc1.Cl. The van der Waals surface area contributed by atoms with Crippen molar-refractivity contribution in [1.29, 1.82) is 0 Å². The lowest BCUT2D eigenvalue weighted by atomic mass is 10.2. The van der Waals surface area contributed by atoms with E-state index in [0.29, 0.717) is 53.8 Å². The second-order valence-corrected chi connectivity index (χ2v) is 14.6. The highest BCUT2D eigenvalue weighted by molar-refractivity contribution is 7.90. The molecule has 2 heterocycles. The Labute approximate surface area is 246 Å². The molecule has 3 aromatic rings. The van der Waals surface area contributed by atoms with E-state index in [1.54, 1.807) is 24.1 Å². The van der Waals surface area contributed by atoms with Gasteiger partial charge in [0.25, 0.3) is 5.91 Å². The summed E-state index contributed by atoms with van der Waals surface area (Å²) in [6.07, 6.45) is 2.80. The summed E-state index contributed by atoms with van der Waals surface area (Å²) in [5.41, 5.74) is 0.936. The van der Waals surface area contributed by atoms with Crippen molar-refractivity contribution < 1.29 is 26.4 Å². The van der Waals surface area contributed by atoms with Gasteiger partial charge < -0.3 is 4.74 Å². The van der Waals surface area contributed by atoms with Crippen LogP contribution in [0, 0.1) is 0 Å². The molecule has 1 amide bonds. The fourth-order valence-electron chi connectivity index (χ4n) is 4.20. The van der Waals surface area contributed by atoms with Crippen molar-refractivity contribution in [2.24, 2.45) is 0 Å². The number of thiazole rings is 1. The molecule has 10 nitrogen and oxygen atoms in total. The highest BCUT2D eigenvalue weighted by Gasteiger charge is 2.25. The van der Waals surface area contributed by atoms with Gasteiger partial charge in [-0.3, -0.25) is 14.6 Å². The quantitative estimate of drug-likeness (QED) is 0.316. The van der Waals surface area contributed by atoms with Gasteiger partial charge in [0.1, 0.15) is 0 Å². The molecule has 0 N–H and O–H groups in total. The number of halogens is 1. The smallest absolute Gasteiger partial charge is 0.260 e. The molecule has 40 heavy (non-hydrogen) atoms. The molecular formula is C26H35ClN4O6S3. The van der Waals surface area contributed by atoms with Crippen LogP contribution in [0.25, 0.3) is 10.2 Å². The van der Waals surface area contributed by atoms with Crippen molar-refractivity contribution in [2.75, 3.05) is 64.1 Å². The molecule has 1 aliphatic rings. The monoisotopic (exact) mass is 630 g/mol. The van der Waals surface area contributed by atoms with Crippen LogP contribution in [0.5, 0.6) is 0 Å². The summed E-state index contributed by atoms with van der Waals surface area (Å²) in [6.45, 7) is 6.17. The van der Waals surface area contributed by atoms with Gasteiger partial charge in [-0.05, 0) is 48.9 Å². The number of fused-ring (bicyclic) bond motifs is 1. The van der Waals surface area contributed by atoms with Gasteiger partial charge in [0.15, 0.2) is 15.0 Å². The van der Waals surface area contributed by atoms with Crippen LogP contribution in [0.15, 0.2) is 52.3 Å². The zero-order valence-electron chi connectivity index (χ0n) is 22.8. The highest BCUT2D eigenvalue weighted by Crippen LogP contribution is 2.31. The largest absolute Gasteiger partial charge is 0.379 e. The topological polar surface area (TPSA) is 117 Å². The first kappa shape index (κ1) is 32.4. The lowest BCUT2D eigenvalue weighted by molar-refractivity contribution is 0.0391. The summed E-state index contributed by atoms with van der Waals surface area (Å²) in [5.74, 6) is -0.311. The molecule has 220 valence electrons. The number of benzene rings is 2. The molecule has 1 saturated heterocycles. The third-order valence-electron chi connectivity index (χ3n) is 6.63. The summed E-state index contributed by atoms with van der Waals surface area (Å²) in [5, 5.41) is 0.449. The van der Waals surface area contributed by atoms with E-state index in [0.717, 1.165) is 32.2 Å². The number of carbonyl (C=O) groups excluding carboxylic acids is 1. The number of amides is 1. The van der Waals surface area contributed by atoms with Crippen LogP contribution < -0.4 is 4.90 Å². The Morgan fingerprint density at radius 3 is 2.30 bits per heavy atom. The van der Waals surface area contributed by atoms with E-state index in [4.69, 9.17) is 4.74 Å². The zero-order chi connectivity index (χ0) is 28.2. The highest BCUT2D eigenvalue weighted by atomic mass is 35.5. The predicted molar refractivity (Wildman–Crippen MR) is 160 cm³/mol. The minimum atomic E-state index is -3.65. The molecule has 4 rings (SSSR count). The van der Waals surface area contributed by atoms with Gasteiger partial charge in [0.05, 0.1) is 33.2 Å². The third kappa shape index (κ3) is 7.58. The maximum Gasteiger partial charge on any atom is 0.260 e. The molecule has 1 fully saturated rings. The Morgan fingerprint density at radius 2 is 1.68 bits per heavy atom. The Bertz CT molecular complexity index is 1520. The van der Waals surface area contributed by atoms with Crippen molar-refractivity contribution in [3.05, 3.63) is 48.0 Å². The Hall–Kier alpha value is -2.13. The number of sulfone groups is 1. The number of ether oxygens (including phenoxy) is 1. The first-order valence-corrected chi connectivity index (χ1v) is 16.9. The number of carbonyl (C=O) groups is 1. The van der Waals surface area contributed by atoms with E-state index in [1.165, 1.54) is 46.0 Å². The molecule has 1 aromatic heterocycles. The van der Waals surface area contributed by atoms with E-state index in [1.807, 2.05) is 6.92 Å². The van der Waals surface area contributed by atoms with Crippen LogP contribution in [0.1, 0.15) is 30.1 Å². The number of hydrogen-bond acceptors (Lipinski definition) is 9. The van der Waals surface area contributed by atoms with Crippen molar-refractivity contribution >= 4 is 64.9 Å². The van der Waals surface area contributed by atoms with Crippen molar-refractivity contribution in [2.45, 2.75) is 29.6 Å². The number of sulfonamides is 1. The maximum atomic E-state index is 13.8. The van der Waals surface area contributed by atoms with Gasteiger partial charge in [-0.15, -0.1) is 12.4 Å². The van der Waals surface area contributed by atoms with Crippen LogP contribution in [0.4, 0.5) is 5.13 Å². The minimum Gasteiger partial charge on any atom is -0.379 e. The van der Waals surface area contributed by atoms with Gasteiger partial charge >= 0.3 is 0 Å². The minimum absolute atomic E-state index is 0. The zero-order valence-corrected chi connectivity index (χ0v) is 26.0. The predicted octanol–water partition coefficient (Wildman–Crippen LogP) is 3.52. The van der Waals surface area contributed by atoms with E-state index in [2.05, 4.69) is 9.88 Å². The number of unbranched alkanes of at least 4 members (excludes halogenated alkanes) is 1. The molecule has 14 heteroatoms. The molecule has 0 spiro atoms. The molecule has 1 aliphatic heterocycles. The van der Waals surface area contributed by atoms with Crippen molar-refractivity contribution in [3.8, 4) is 0 Å². The molecule has 0 aliphatic carbocycles. The van der Waals surface area contributed by atoms with E-state index in [9.17, 15) is 21.6 Å². The lowest BCUT2D eigenvalue weighted by Gasteiger charge is -2.29. The van der Waals surface area contributed by atoms with E-state index >= 15 is 0 Å². The van der Waals surface area contributed by atoms with Crippen LogP contribution in [0.3, 0.4) is 0 Å². The Kier molecular flexibility index (Phi) is 11.1. The van der Waals surface area contributed by atoms with Crippen LogP contribution >= 0.6 is 23.7 Å². The Balaban J connectivity index is 0.00000441. The van der Waals surface area contributed by atoms with E-state index in [-0.39, 0.29) is 28.1 Å². The number of nitrogens with zero attached hydrogens (tertiary/aromatic N) is 4. The van der Waals surface area contributed by atoms with Crippen LogP contribution in [-0.2, 0) is 24.6 Å². The lowest BCUT2D eigenvalue weighted by Crippen LogP contribution is -2.43. The molecule has 0 unspecified atom stereocenters. The number of hydrogen-bond donors (Lipinski definition) is 0. The van der Waals surface area contributed by atoms with Gasteiger partial charge in [0.2, 0.25) is 10.0 Å². The number of morpholine rings is 1. The number of rotatable bonds is 11. The second-order valence-electron chi connectivity index (χ2n) is 9.51. The molecule has 0 atom stereocenters. The van der Waals surface area contributed by atoms with E-state index < -0.39 is 19.9 Å². The summed E-state index contributed by atoms with van der Waals surface area (Å²) >= 11 is 1.25. The fourth-order valence-corrected chi connectivity index (χ4v) is 7.16. The molecule has 2 aromatic carbocycles. The maximum absolute atomic E-state index is 13.8. The second kappa shape index (κ2) is 13.7. The van der Waals surface area contributed by atoms with Gasteiger partial charge in [-0.2, -0.15) is 0 Å². The Morgan fingerprint density at radius 1 is 1.02 bits per heavy atom. The normalized spacial score (nSPS) is 14.8. The van der Waals surface area contributed by atoms with Gasteiger partial charge in [-0.1, -0.05) is 24.7 Å². The molecule has 0 saturated carbocycles. The van der Waals surface area contributed by atoms with Crippen molar-refractivity contribution in [1.82, 2.24) is 14.2 Å². The average molecular weight is 631 g/mol. The van der Waals surface area contributed by atoms with Gasteiger partial charge in [0, 0.05) is 51.6 Å². The number of anilines is 1. The van der Waals surface area contributed by atoms with Crippen molar-refractivity contribution in [3.63, 3.8) is 0 Å². The summed E-state index contributed by atoms with van der Waals surface area (Å²) < 4.78 is 57.3. The average Bonchev–Trinajstić information content (AvgIpc) is 3.35. The van der Waals surface area contributed by atoms with Gasteiger partial charge in [-0.25, -0.2) is 26.1 Å². The van der Waals surface area contributed by atoms with Crippen LogP contribution in [0.2, 0.25) is 0 Å². The third-order valence-corrected chi connectivity index (χ3v) is 10.7. The van der Waals surface area contributed by atoms with Crippen LogP contribution in [-0.4, -0.2) is 96.2 Å². The first-order valence-electron chi connectivity index (χ1n) is 12.8. The summed E-state index contributed by atoms with van der Waals surface area (Å²) in [7, 11) is -5.49. The standard InChI is InChI=1S/C26H34N4O6S3.ClH/c1-4-5-12-28(2)39(34,35)21-8-6-20(7-9-21)25(31)30(14-13-29-15-17-36-18-16-29)26-27-23-11-10-22(38(3,32)33)19-24(23)37-26;/h6-11,19H,4-5,12-18H2,1-3H3;1H. The molecule has 0 bridgehead atoms. The summed E-state index contributed by atoms with van der Waals surface area (Å²) in [4.78, 5) is 22.5. The first-order chi connectivity index (χ1) is 18.5. The molecule has 0 radical (unpaired) electrons. The fraction of sp³-hybridized carbons (Fsp3) is 0.462.